The van der Waals surface area contributed by atoms with Gasteiger partial charge in [-0.25, -0.2) is 0 Å². The minimum atomic E-state index is 0.443. The molecule has 3 unspecified atom stereocenters. The molecule has 0 amide bonds. The molecule has 28 heavy (non-hydrogen) atoms. The van der Waals surface area contributed by atoms with Crippen molar-refractivity contribution in [3.63, 3.8) is 0 Å². The minimum absolute atomic E-state index is 0.443. The molecule has 3 atom stereocenters. The Kier molecular flexibility index (Phi) is 3.98. The van der Waals surface area contributed by atoms with Crippen molar-refractivity contribution in [3.05, 3.63) is 78.5 Å². The van der Waals surface area contributed by atoms with Crippen molar-refractivity contribution in [2.24, 2.45) is 16.7 Å². The molecule has 3 aromatic rings. The van der Waals surface area contributed by atoms with Gasteiger partial charge in [0.15, 0.2) is 0 Å². The first-order chi connectivity index (χ1) is 13.5. The third kappa shape index (κ3) is 2.56. The van der Waals surface area contributed by atoms with E-state index in [2.05, 4.69) is 86.4 Å². The molecule has 1 heterocycles. The average Bonchev–Trinajstić information content (AvgIpc) is 3.08. The van der Waals surface area contributed by atoms with Gasteiger partial charge in [0.25, 0.3) is 0 Å². The van der Waals surface area contributed by atoms with Crippen molar-refractivity contribution >= 4 is 0 Å². The second-order valence-electron chi connectivity index (χ2n) is 9.58. The van der Waals surface area contributed by atoms with Gasteiger partial charge in [0.05, 0.1) is 5.69 Å². The van der Waals surface area contributed by atoms with E-state index in [-0.39, 0.29) is 0 Å². The summed E-state index contributed by atoms with van der Waals surface area (Å²) in [5, 5.41) is 0. The van der Waals surface area contributed by atoms with E-state index in [1.807, 2.05) is 12.3 Å². The van der Waals surface area contributed by atoms with Gasteiger partial charge in [0, 0.05) is 17.3 Å². The molecule has 1 heteroatoms. The van der Waals surface area contributed by atoms with Crippen LogP contribution in [0.2, 0.25) is 0 Å². The molecule has 0 spiro atoms. The first-order valence-corrected chi connectivity index (χ1v) is 10.6. The van der Waals surface area contributed by atoms with Crippen LogP contribution in [0.4, 0.5) is 0 Å². The van der Waals surface area contributed by atoms with E-state index < -0.39 is 0 Å². The van der Waals surface area contributed by atoms with E-state index in [1.54, 1.807) is 0 Å². The molecule has 2 fully saturated rings. The Bertz CT molecular complexity index is 969. The van der Waals surface area contributed by atoms with Gasteiger partial charge in [-0.2, -0.15) is 0 Å². The van der Waals surface area contributed by atoms with Crippen LogP contribution in [-0.4, -0.2) is 4.98 Å². The average molecular weight is 368 g/mol. The maximum absolute atomic E-state index is 4.69. The lowest BCUT2D eigenvalue weighted by Crippen LogP contribution is -2.31. The Labute approximate surface area is 168 Å². The molecule has 0 saturated heterocycles. The molecule has 2 aliphatic rings. The normalized spacial score (nSPS) is 27.8. The maximum atomic E-state index is 4.69. The minimum Gasteiger partial charge on any atom is -0.256 e. The van der Waals surface area contributed by atoms with Crippen molar-refractivity contribution in [2.75, 3.05) is 0 Å². The smallest absolute Gasteiger partial charge is 0.0702 e. The third-order valence-electron chi connectivity index (χ3n) is 8.27. The first kappa shape index (κ1) is 17.7. The zero-order chi connectivity index (χ0) is 19.4. The second-order valence-corrected chi connectivity index (χ2v) is 9.58. The molecule has 0 aliphatic heterocycles. The number of benzene rings is 2. The Morgan fingerprint density at radius 2 is 1.50 bits per heavy atom. The predicted molar refractivity (Wildman–Crippen MR) is 117 cm³/mol. The summed E-state index contributed by atoms with van der Waals surface area (Å²) in [5.41, 5.74) is 7.06. The zero-order valence-electron chi connectivity index (χ0n) is 17.2. The van der Waals surface area contributed by atoms with Crippen LogP contribution in [-0.2, 0) is 0 Å². The van der Waals surface area contributed by atoms with Gasteiger partial charge in [-0.3, -0.25) is 4.98 Å². The molecule has 142 valence electrons. The van der Waals surface area contributed by atoms with Crippen molar-refractivity contribution in [3.8, 4) is 22.4 Å². The highest BCUT2D eigenvalue weighted by atomic mass is 14.7. The maximum Gasteiger partial charge on any atom is 0.0702 e. The molecule has 0 N–H and O–H groups in total. The number of aromatic nitrogens is 1. The zero-order valence-corrected chi connectivity index (χ0v) is 17.2. The SMILES string of the molecule is CC1(C)C2CCC1(C)C(c1ccc(-c3ccc(-c4ccccc4)nc3)cc1)C2. The van der Waals surface area contributed by atoms with E-state index >= 15 is 0 Å². The van der Waals surface area contributed by atoms with Crippen LogP contribution in [0.1, 0.15) is 51.5 Å². The van der Waals surface area contributed by atoms with Crippen molar-refractivity contribution in [2.45, 2.75) is 46.0 Å². The Morgan fingerprint density at radius 3 is 2.07 bits per heavy atom. The van der Waals surface area contributed by atoms with Gasteiger partial charge in [0.2, 0.25) is 0 Å². The largest absolute Gasteiger partial charge is 0.256 e. The molecule has 0 radical (unpaired) electrons. The monoisotopic (exact) mass is 367 g/mol. The van der Waals surface area contributed by atoms with Crippen molar-refractivity contribution in [1.29, 1.82) is 0 Å². The first-order valence-electron chi connectivity index (χ1n) is 10.6. The number of hydrogen-bond acceptors (Lipinski definition) is 1. The highest BCUT2D eigenvalue weighted by Crippen LogP contribution is 2.70. The van der Waals surface area contributed by atoms with Crippen LogP contribution < -0.4 is 0 Å². The van der Waals surface area contributed by atoms with Crippen LogP contribution in [0.5, 0.6) is 0 Å². The number of pyridine rings is 1. The molecule has 2 aliphatic carbocycles. The molecule has 2 aromatic carbocycles. The summed E-state index contributed by atoms with van der Waals surface area (Å²) in [7, 11) is 0. The van der Waals surface area contributed by atoms with E-state index in [0.717, 1.165) is 17.2 Å². The fraction of sp³-hybridized carbons (Fsp3) is 0.370. The molecular formula is C27H29N. The van der Waals surface area contributed by atoms with Crippen molar-refractivity contribution < 1.29 is 0 Å². The summed E-state index contributed by atoms with van der Waals surface area (Å²) in [5.74, 6) is 1.59. The summed E-state index contributed by atoms with van der Waals surface area (Å²) in [6, 6.07) is 24.0. The lowest BCUT2D eigenvalue weighted by Gasteiger charge is -2.39. The van der Waals surface area contributed by atoms with Crippen LogP contribution in [0.15, 0.2) is 72.9 Å². The number of hydrogen-bond donors (Lipinski definition) is 0. The van der Waals surface area contributed by atoms with Gasteiger partial charge in [-0.1, -0.05) is 81.4 Å². The Morgan fingerprint density at radius 1 is 0.786 bits per heavy atom. The van der Waals surface area contributed by atoms with Gasteiger partial charge < -0.3 is 0 Å². The molecule has 1 aromatic heterocycles. The van der Waals surface area contributed by atoms with Gasteiger partial charge in [0.1, 0.15) is 0 Å². The number of fused-ring (bicyclic) bond motifs is 2. The third-order valence-corrected chi connectivity index (χ3v) is 8.27. The van der Waals surface area contributed by atoms with E-state index in [1.165, 1.54) is 36.0 Å². The molecule has 2 bridgehead atoms. The number of rotatable bonds is 3. The van der Waals surface area contributed by atoms with Crippen LogP contribution in [0.25, 0.3) is 22.4 Å². The lowest BCUT2D eigenvalue weighted by molar-refractivity contribution is 0.134. The topological polar surface area (TPSA) is 12.9 Å². The predicted octanol–water partition coefficient (Wildman–Crippen LogP) is 7.35. The van der Waals surface area contributed by atoms with E-state index in [4.69, 9.17) is 0 Å². The summed E-state index contributed by atoms with van der Waals surface area (Å²) in [6.07, 6.45) is 6.15. The summed E-state index contributed by atoms with van der Waals surface area (Å²) < 4.78 is 0. The summed E-state index contributed by atoms with van der Waals surface area (Å²) >= 11 is 0. The number of nitrogens with zero attached hydrogens (tertiary/aromatic N) is 1. The molecule has 2 saturated carbocycles. The molecule has 5 rings (SSSR count). The van der Waals surface area contributed by atoms with Crippen LogP contribution >= 0.6 is 0 Å². The fourth-order valence-corrected chi connectivity index (χ4v) is 5.96. The van der Waals surface area contributed by atoms with Crippen LogP contribution in [0.3, 0.4) is 0 Å². The van der Waals surface area contributed by atoms with E-state index in [9.17, 15) is 0 Å². The summed E-state index contributed by atoms with van der Waals surface area (Å²) in [4.78, 5) is 4.69. The second kappa shape index (κ2) is 6.30. The van der Waals surface area contributed by atoms with Crippen molar-refractivity contribution in [1.82, 2.24) is 4.98 Å². The lowest BCUT2D eigenvalue weighted by atomic mass is 9.65. The fourth-order valence-electron chi connectivity index (χ4n) is 5.96. The Hall–Kier alpha value is -2.41. The molecular weight excluding hydrogens is 338 g/mol. The highest BCUT2D eigenvalue weighted by Gasteiger charge is 2.61. The van der Waals surface area contributed by atoms with Gasteiger partial charge >= 0.3 is 0 Å². The van der Waals surface area contributed by atoms with Crippen LogP contribution in [0, 0.1) is 16.7 Å². The standard InChI is InChI=1S/C27H29N/c1-26(2)23-15-16-27(26,3)24(17-23)20-11-9-19(10-12-20)22-13-14-25(28-18-22)21-7-5-4-6-8-21/h4-14,18,23-24H,15-17H2,1-3H3. The Balaban J connectivity index is 1.39. The van der Waals surface area contributed by atoms with Gasteiger partial charge in [-0.05, 0) is 59.1 Å². The van der Waals surface area contributed by atoms with Gasteiger partial charge in [-0.15, -0.1) is 0 Å². The quantitative estimate of drug-likeness (QED) is 0.472. The van der Waals surface area contributed by atoms with E-state index in [0.29, 0.717) is 16.7 Å². The highest BCUT2D eigenvalue weighted by molar-refractivity contribution is 5.67. The molecule has 1 nitrogen and oxygen atoms in total. The summed E-state index contributed by atoms with van der Waals surface area (Å²) in [6.45, 7) is 7.53.